The van der Waals surface area contributed by atoms with Crippen LogP contribution in [-0.4, -0.2) is 12.9 Å². The van der Waals surface area contributed by atoms with E-state index in [1.807, 2.05) is 32.0 Å². The first-order valence-corrected chi connectivity index (χ1v) is 6.90. The topological polar surface area (TPSA) is 26.3 Å². The smallest absolute Gasteiger partial charge is 0.168 e. The van der Waals surface area contributed by atoms with E-state index >= 15 is 0 Å². The number of carbonyl (C=O) groups is 1. The summed E-state index contributed by atoms with van der Waals surface area (Å²) in [5.74, 6) is -0.287. The lowest BCUT2D eigenvalue weighted by Crippen LogP contribution is -2.08. The maximum atomic E-state index is 14.0. The van der Waals surface area contributed by atoms with Gasteiger partial charge in [0.25, 0.3) is 0 Å². The molecule has 2 aromatic rings. The van der Waals surface area contributed by atoms with Crippen LogP contribution in [0.5, 0.6) is 5.75 Å². The monoisotopic (exact) mass is 286 g/mol. The molecule has 0 aliphatic carbocycles. The third-order valence-electron chi connectivity index (χ3n) is 3.62. The first-order chi connectivity index (χ1) is 10.0. The van der Waals surface area contributed by atoms with Crippen molar-refractivity contribution < 1.29 is 13.9 Å². The summed E-state index contributed by atoms with van der Waals surface area (Å²) in [6, 6.07) is 10.8. The van der Waals surface area contributed by atoms with Gasteiger partial charge in [0, 0.05) is 12.8 Å². The van der Waals surface area contributed by atoms with Gasteiger partial charge in [0.15, 0.2) is 11.6 Å². The van der Waals surface area contributed by atoms with Gasteiger partial charge >= 0.3 is 0 Å². The van der Waals surface area contributed by atoms with E-state index in [0.717, 1.165) is 11.1 Å². The lowest BCUT2D eigenvalue weighted by atomic mass is 9.99. The summed E-state index contributed by atoms with van der Waals surface area (Å²) in [6.07, 6.45) is 0.397. The van der Waals surface area contributed by atoms with Gasteiger partial charge in [-0.3, -0.25) is 4.79 Å². The Hall–Kier alpha value is -2.16. The van der Waals surface area contributed by atoms with Crippen molar-refractivity contribution in [3.63, 3.8) is 0 Å². The van der Waals surface area contributed by atoms with E-state index in [9.17, 15) is 9.18 Å². The second kappa shape index (κ2) is 6.53. The second-order valence-corrected chi connectivity index (χ2v) is 5.24. The molecule has 0 atom stereocenters. The zero-order chi connectivity index (χ0) is 15.4. The molecule has 2 rings (SSSR count). The highest BCUT2D eigenvalue weighted by atomic mass is 19.1. The van der Waals surface area contributed by atoms with E-state index in [-0.39, 0.29) is 18.0 Å². The van der Waals surface area contributed by atoms with Gasteiger partial charge in [0.1, 0.15) is 5.78 Å². The Morgan fingerprint density at radius 3 is 2.52 bits per heavy atom. The lowest BCUT2D eigenvalue weighted by molar-refractivity contribution is -0.117. The maximum Gasteiger partial charge on any atom is 0.168 e. The van der Waals surface area contributed by atoms with Gasteiger partial charge in [-0.15, -0.1) is 0 Å². The van der Waals surface area contributed by atoms with Crippen LogP contribution in [0.25, 0.3) is 0 Å². The first kappa shape index (κ1) is 15.2. The number of ketones is 1. The van der Waals surface area contributed by atoms with E-state index in [2.05, 4.69) is 0 Å². The molecule has 2 nitrogen and oxygen atoms in total. The van der Waals surface area contributed by atoms with Crippen molar-refractivity contribution in [3.05, 3.63) is 64.5 Å². The molecule has 0 unspecified atom stereocenters. The van der Waals surface area contributed by atoms with Crippen LogP contribution in [0, 0.1) is 19.7 Å². The summed E-state index contributed by atoms with van der Waals surface area (Å²) < 4.78 is 18.9. The molecule has 0 saturated heterocycles. The number of hydrogen-bond acceptors (Lipinski definition) is 2. The van der Waals surface area contributed by atoms with Crippen molar-refractivity contribution in [2.75, 3.05) is 7.11 Å². The Kier molecular flexibility index (Phi) is 4.73. The molecule has 0 saturated carbocycles. The molecule has 0 heterocycles. The standard InChI is InChI=1S/C18H19FO2/c1-12-7-8-14(9-13(12)2)10-16(20)11-15-5-4-6-17(21-3)18(15)19/h4-9H,10-11H2,1-3H3. The van der Waals surface area contributed by atoms with Crippen molar-refractivity contribution in [2.45, 2.75) is 26.7 Å². The molecule has 0 radical (unpaired) electrons. The number of carbonyl (C=O) groups excluding carboxylic acids is 1. The summed E-state index contributed by atoms with van der Waals surface area (Å²) in [6.45, 7) is 4.05. The second-order valence-electron chi connectivity index (χ2n) is 5.24. The number of aryl methyl sites for hydroxylation is 2. The molecule has 0 N–H and O–H groups in total. The molecule has 0 aromatic heterocycles. The van der Waals surface area contributed by atoms with Gasteiger partial charge < -0.3 is 4.74 Å². The number of halogens is 1. The quantitative estimate of drug-likeness (QED) is 0.835. The lowest BCUT2D eigenvalue weighted by Gasteiger charge is -2.08. The molecule has 110 valence electrons. The van der Waals surface area contributed by atoms with E-state index in [1.165, 1.54) is 12.7 Å². The highest BCUT2D eigenvalue weighted by molar-refractivity contribution is 5.83. The van der Waals surface area contributed by atoms with E-state index in [4.69, 9.17) is 4.74 Å². The van der Waals surface area contributed by atoms with Crippen molar-refractivity contribution >= 4 is 5.78 Å². The van der Waals surface area contributed by atoms with Gasteiger partial charge in [-0.2, -0.15) is 0 Å². The zero-order valence-electron chi connectivity index (χ0n) is 12.6. The average molecular weight is 286 g/mol. The van der Waals surface area contributed by atoms with Crippen molar-refractivity contribution in [1.82, 2.24) is 0 Å². The average Bonchev–Trinajstić information content (AvgIpc) is 2.45. The van der Waals surface area contributed by atoms with Crippen LogP contribution in [0.4, 0.5) is 4.39 Å². The van der Waals surface area contributed by atoms with Crippen molar-refractivity contribution in [1.29, 1.82) is 0 Å². The summed E-state index contributed by atoms with van der Waals surface area (Å²) in [5, 5.41) is 0. The molecule has 0 amide bonds. The van der Waals surface area contributed by atoms with Crippen LogP contribution in [0.2, 0.25) is 0 Å². The number of rotatable bonds is 5. The van der Waals surface area contributed by atoms with E-state index < -0.39 is 5.82 Å². The molecule has 0 spiro atoms. The Balaban J connectivity index is 2.10. The van der Waals surface area contributed by atoms with Crippen LogP contribution in [0.15, 0.2) is 36.4 Å². The fourth-order valence-electron chi connectivity index (χ4n) is 2.27. The van der Waals surface area contributed by atoms with Crippen LogP contribution >= 0.6 is 0 Å². The Morgan fingerprint density at radius 1 is 1.10 bits per heavy atom. The summed E-state index contributed by atoms with van der Waals surface area (Å²) in [4.78, 5) is 12.1. The van der Waals surface area contributed by atoms with E-state index in [0.29, 0.717) is 12.0 Å². The highest BCUT2D eigenvalue weighted by Gasteiger charge is 2.12. The normalized spacial score (nSPS) is 10.5. The molecule has 21 heavy (non-hydrogen) atoms. The number of ether oxygens (including phenoxy) is 1. The maximum absolute atomic E-state index is 14.0. The third-order valence-corrected chi connectivity index (χ3v) is 3.62. The van der Waals surface area contributed by atoms with Crippen molar-refractivity contribution in [2.24, 2.45) is 0 Å². The number of hydrogen-bond donors (Lipinski definition) is 0. The largest absolute Gasteiger partial charge is 0.494 e. The van der Waals surface area contributed by atoms with Gasteiger partial charge in [-0.1, -0.05) is 30.3 Å². The molecular weight excluding hydrogens is 267 g/mol. The molecule has 3 heteroatoms. The van der Waals surface area contributed by atoms with Crippen LogP contribution in [0.3, 0.4) is 0 Å². The fraction of sp³-hybridized carbons (Fsp3) is 0.278. The summed E-state index contributed by atoms with van der Waals surface area (Å²) >= 11 is 0. The van der Waals surface area contributed by atoms with Crippen LogP contribution in [0.1, 0.15) is 22.3 Å². The van der Waals surface area contributed by atoms with E-state index in [1.54, 1.807) is 18.2 Å². The van der Waals surface area contributed by atoms with Gasteiger partial charge in [0.05, 0.1) is 7.11 Å². The van der Waals surface area contributed by atoms with Crippen LogP contribution < -0.4 is 4.74 Å². The minimum Gasteiger partial charge on any atom is -0.494 e. The zero-order valence-corrected chi connectivity index (χ0v) is 12.6. The Morgan fingerprint density at radius 2 is 1.86 bits per heavy atom. The third kappa shape index (κ3) is 3.69. The molecule has 0 fully saturated rings. The van der Waals surface area contributed by atoms with Gasteiger partial charge in [-0.25, -0.2) is 4.39 Å². The molecule has 0 bridgehead atoms. The number of benzene rings is 2. The minimum absolute atomic E-state index is 0.00888. The SMILES string of the molecule is COc1cccc(CC(=O)Cc2ccc(C)c(C)c2)c1F. The Bertz CT molecular complexity index is 662. The molecular formula is C18H19FO2. The van der Waals surface area contributed by atoms with Crippen LogP contribution in [-0.2, 0) is 17.6 Å². The fourth-order valence-corrected chi connectivity index (χ4v) is 2.27. The molecule has 0 aliphatic rings. The number of methoxy groups -OCH3 is 1. The summed E-state index contributed by atoms with van der Waals surface area (Å²) in [5.41, 5.74) is 3.70. The summed E-state index contributed by atoms with van der Waals surface area (Å²) in [7, 11) is 1.42. The minimum atomic E-state index is -0.451. The van der Waals surface area contributed by atoms with Crippen molar-refractivity contribution in [3.8, 4) is 5.75 Å². The van der Waals surface area contributed by atoms with Gasteiger partial charge in [-0.05, 0) is 42.2 Å². The predicted molar refractivity (Wildman–Crippen MR) is 81.3 cm³/mol. The van der Waals surface area contributed by atoms with Gasteiger partial charge in [0.2, 0.25) is 0 Å². The number of Topliss-reactive ketones (excluding diaryl/α,β-unsaturated/α-hetero) is 1. The predicted octanol–water partition coefficient (Wildman–Crippen LogP) is 3.81. The first-order valence-electron chi connectivity index (χ1n) is 6.90. The Labute approximate surface area is 124 Å². The molecule has 0 aliphatic heterocycles. The molecule has 2 aromatic carbocycles. The highest BCUT2D eigenvalue weighted by Crippen LogP contribution is 2.21.